The van der Waals surface area contributed by atoms with E-state index in [9.17, 15) is 0 Å². The van der Waals surface area contributed by atoms with Crippen molar-refractivity contribution in [2.24, 2.45) is 0 Å². The lowest BCUT2D eigenvalue weighted by Crippen LogP contribution is -2.46. The van der Waals surface area contributed by atoms with Crippen molar-refractivity contribution in [1.82, 2.24) is 0 Å². The van der Waals surface area contributed by atoms with Gasteiger partial charge in [0, 0.05) is 63.2 Å². The zero-order chi connectivity index (χ0) is 28.2. The molecule has 0 aliphatic heterocycles. The lowest BCUT2D eigenvalue weighted by molar-refractivity contribution is 0.0581. The van der Waals surface area contributed by atoms with Crippen molar-refractivity contribution in [1.29, 1.82) is 0 Å². The molecule has 0 radical (unpaired) electrons. The monoisotopic (exact) mass is 650 g/mol. The van der Waals surface area contributed by atoms with Gasteiger partial charge >= 0.3 is 17.6 Å². The Morgan fingerprint density at radius 1 is 0.395 bits per heavy atom. The highest BCUT2D eigenvalue weighted by Crippen LogP contribution is 2.43. The number of hydrogen-bond donors (Lipinski definition) is 0. The predicted molar refractivity (Wildman–Crippen MR) is 177 cm³/mol. The second-order valence-electron chi connectivity index (χ2n) is 9.15. The SMILES string of the molecule is CCCO[Si](CCCCSSSSCCCC[Si](OCCC)(OCCC)OCCC)(OCCC)OCCC. The van der Waals surface area contributed by atoms with Crippen LogP contribution < -0.4 is 0 Å². The Kier molecular flexibility index (Phi) is 29.9. The molecule has 0 aromatic rings. The zero-order valence-electron chi connectivity index (χ0n) is 25.2. The molecule has 0 atom stereocenters. The molecule has 0 aromatic carbocycles. The molecule has 0 saturated carbocycles. The summed E-state index contributed by atoms with van der Waals surface area (Å²) in [5, 5.41) is 0. The Morgan fingerprint density at radius 3 is 0.895 bits per heavy atom. The van der Waals surface area contributed by atoms with Gasteiger partial charge in [0.2, 0.25) is 0 Å². The molecule has 0 heterocycles. The van der Waals surface area contributed by atoms with E-state index in [1.165, 1.54) is 0 Å². The molecule has 0 bridgehead atoms. The summed E-state index contributed by atoms with van der Waals surface area (Å²) < 4.78 is 37.2. The van der Waals surface area contributed by atoms with E-state index in [1.54, 1.807) is 0 Å². The van der Waals surface area contributed by atoms with Crippen LogP contribution in [0.2, 0.25) is 12.1 Å². The van der Waals surface area contributed by atoms with E-state index in [0.29, 0.717) is 0 Å². The molecule has 0 aromatic heterocycles. The largest absolute Gasteiger partial charge is 0.500 e. The predicted octanol–water partition coefficient (Wildman–Crippen LogP) is 9.66. The molecule has 0 fully saturated rings. The summed E-state index contributed by atoms with van der Waals surface area (Å²) in [4.78, 5) is 0. The first-order valence-corrected chi connectivity index (χ1v) is 24.0. The first-order valence-electron chi connectivity index (χ1n) is 15.0. The summed E-state index contributed by atoms with van der Waals surface area (Å²) in [6.07, 6.45) is 10.5. The van der Waals surface area contributed by atoms with Gasteiger partial charge in [0.25, 0.3) is 0 Å². The maximum absolute atomic E-state index is 6.21. The number of unbranched alkanes of at least 4 members (excludes halogenated alkanes) is 2. The highest BCUT2D eigenvalue weighted by molar-refractivity contribution is 9.26. The van der Waals surface area contributed by atoms with Crippen molar-refractivity contribution < 1.29 is 26.6 Å². The van der Waals surface area contributed by atoms with Gasteiger partial charge in [-0.15, -0.1) is 0 Å². The van der Waals surface area contributed by atoms with Crippen LogP contribution in [0, 0.1) is 0 Å². The first kappa shape index (κ1) is 39.6. The highest BCUT2D eigenvalue weighted by Gasteiger charge is 2.41. The van der Waals surface area contributed by atoms with Gasteiger partial charge in [0.1, 0.15) is 0 Å². The molecule has 0 unspecified atom stereocenters. The molecular weight excluding hydrogens is 593 g/mol. The Labute approximate surface area is 253 Å². The molecule has 0 aliphatic rings. The molecular formula is C26H58O6S4Si2. The molecule has 0 N–H and O–H groups in total. The van der Waals surface area contributed by atoms with Crippen molar-refractivity contribution in [3.05, 3.63) is 0 Å². The van der Waals surface area contributed by atoms with E-state index in [2.05, 4.69) is 41.5 Å². The minimum Gasteiger partial charge on any atom is -0.373 e. The molecule has 38 heavy (non-hydrogen) atoms. The third-order valence-corrected chi connectivity index (χ3v) is 17.6. The van der Waals surface area contributed by atoms with Crippen molar-refractivity contribution in [2.45, 2.75) is 118 Å². The van der Waals surface area contributed by atoms with Crippen LogP contribution in [-0.2, 0) is 26.6 Å². The van der Waals surface area contributed by atoms with Crippen LogP contribution in [0.3, 0.4) is 0 Å². The maximum Gasteiger partial charge on any atom is 0.500 e. The summed E-state index contributed by atoms with van der Waals surface area (Å²) in [6, 6.07) is 1.85. The van der Waals surface area contributed by atoms with Crippen LogP contribution in [0.25, 0.3) is 0 Å². The number of rotatable bonds is 31. The first-order chi connectivity index (χ1) is 18.6. The van der Waals surface area contributed by atoms with E-state index < -0.39 is 17.6 Å². The van der Waals surface area contributed by atoms with Crippen molar-refractivity contribution in [3.63, 3.8) is 0 Å². The van der Waals surface area contributed by atoms with E-state index >= 15 is 0 Å². The van der Waals surface area contributed by atoms with Crippen molar-refractivity contribution in [3.8, 4) is 0 Å². The lowest BCUT2D eigenvalue weighted by Gasteiger charge is -2.29. The molecule has 0 spiro atoms. The van der Waals surface area contributed by atoms with Crippen molar-refractivity contribution in [2.75, 3.05) is 51.1 Å². The average molecular weight is 651 g/mol. The van der Waals surface area contributed by atoms with Gasteiger partial charge in [0.15, 0.2) is 0 Å². The molecule has 12 heteroatoms. The van der Waals surface area contributed by atoms with Crippen LogP contribution in [-0.4, -0.2) is 68.8 Å². The molecule has 6 nitrogen and oxygen atoms in total. The fourth-order valence-electron chi connectivity index (χ4n) is 3.34. The third-order valence-electron chi connectivity index (χ3n) is 5.20. The standard InChI is InChI=1S/C26H58O6S4Si2/c1-7-17-27-37(28-18-8-2,29-19-9-3)25-15-13-23-33-35-36-34-24-14-16-26-38(30-20-10-4,31-21-11-5)32-22-12-6/h7-26H2,1-6H3. The van der Waals surface area contributed by atoms with E-state index in [4.69, 9.17) is 26.6 Å². The Balaban J connectivity index is 4.15. The van der Waals surface area contributed by atoms with Gasteiger partial charge in [-0.25, -0.2) is 0 Å². The maximum atomic E-state index is 6.21. The summed E-state index contributed by atoms with van der Waals surface area (Å²) in [7, 11) is 2.62. The Morgan fingerprint density at radius 2 is 0.658 bits per heavy atom. The Bertz CT molecular complexity index is 415. The smallest absolute Gasteiger partial charge is 0.373 e. The average Bonchev–Trinajstić information content (AvgIpc) is 2.94. The van der Waals surface area contributed by atoms with Gasteiger partial charge in [0.05, 0.1) is 0 Å². The minimum absolute atomic E-state index is 0.727. The molecule has 0 aliphatic carbocycles. The number of hydrogen-bond acceptors (Lipinski definition) is 10. The minimum atomic E-state index is -2.54. The second-order valence-corrected chi connectivity index (χ2v) is 20.9. The summed E-state index contributed by atoms with van der Waals surface area (Å²) in [5.74, 6) is 2.29. The normalized spacial score (nSPS) is 12.5. The fraction of sp³-hybridized carbons (Fsp3) is 1.00. The van der Waals surface area contributed by atoms with Gasteiger partial charge in [-0.2, -0.15) is 0 Å². The second kappa shape index (κ2) is 28.7. The summed E-state index contributed by atoms with van der Waals surface area (Å²) in [6.45, 7) is 17.2. The van der Waals surface area contributed by atoms with E-state index in [-0.39, 0.29) is 0 Å². The van der Waals surface area contributed by atoms with Crippen LogP contribution >= 0.6 is 41.2 Å². The quantitative estimate of drug-likeness (QED) is 0.0412. The van der Waals surface area contributed by atoms with Gasteiger partial charge in [-0.05, 0) is 83.9 Å². The summed E-state index contributed by atoms with van der Waals surface area (Å²) >= 11 is 0. The topological polar surface area (TPSA) is 55.4 Å². The van der Waals surface area contributed by atoms with Gasteiger partial charge < -0.3 is 26.6 Å². The van der Waals surface area contributed by atoms with Crippen LogP contribution in [0.5, 0.6) is 0 Å². The van der Waals surface area contributed by atoms with Crippen molar-refractivity contribution >= 4 is 58.8 Å². The van der Waals surface area contributed by atoms with Crippen LogP contribution in [0.4, 0.5) is 0 Å². The van der Waals surface area contributed by atoms with Gasteiger partial charge in [-0.1, -0.05) is 63.1 Å². The van der Waals surface area contributed by atoms with E-state index in [0.717, 1.165) is 127 Å². The van der Waals surface area contributed by atoms with Crippen LogP contribution in [0.15, 0.2) is 0 Å². The van der Waals surface area contributed by atoms with E-state index in [1.807, 2.05) is 41.2 Å². The third kappa shape index (κ3) is 21.3. The zero-order valence-corrected chi connectivity index (χ0v) is 30.5. The molecule has 0 rings (SSSR count). The van der Waals surface area contributed by atoms with Crippen LogP contribution in [0.1, 0.15) is 106 Å². The molecule has 0 saturated heterocycles. The highest BCUT2D eigenvalue weighted by atomic mass is 33.7. The molecule has 230 valence electrons. The van der Waals surface area contributed by atoms with Gasteiger partial charge in [-0.3, -0.25) is 0 Å². The lowest BCUT2D eigenvalue weighted by atomic mass is 10.4. The fourth-order valence-corrected chi connectivity index (χ4v) is 15.4. The summed E-state index contributed by atoms with van der Waals surface area (Å²) in [5.41, 5.74) is 0. The molecule has 0 amide bonds. The Hall–Kier alpha value is 1.59.